The SMILES string of the molecule is C[C@@H](NC(=O)[C@@H]1CC1(Cl)Cl)c1cccc2ccccc12. The third-order valence-electron chi connectivity index (χ3n) is 3.79. The summed E-state index contributed by atoms with van der Waals surface area (Å²) in [5, 5.41) is 5.32. The fourth-order valence-electron chi connectivity index (χ4n) is 2.52. The van der Waals surface area contributed by atoms with Gasteiger partial charge in [0.05, 0.1) is 12.0 Å². The maximum Gasteiger partial charge on any atom is 0.226 e. The molecule has 0 bridgehead atoms. The topological polar surface area (TPSA) is 29.1 Å². The fraction of sp³-hybridized carbons (Fsp3) is 0.312. The van der Waals surface area contributed by atoms with Crippen LogP contribution >= 0.6 is 23.2 Å². The first-order chi connectivity index (χ1) is 9.49. The highest BCUT2D eigenvalue weighted by Crippen LogP contribution is 2.53. The zero-order valence-corrected chi connectivity index (χ0v) is 12.6. The van der Waals surface area contributed by atoms with E-state index in [0.29, 0.717) is 6.42 Å². The Labute approximate surface area is 128 Å². The van der Waals surface area contributed by atoms with E-state index in [4.69, 9.17) is 23.2 Å². The molecule has 0 radical (unpaired) electrons. The lowest BCUT2D eigenvalue weighted by Crippen LogP contribution is -2.29. The first-order valence-corrected chi connectivity index (χ1v) is 7.40. The summed E-state index contributed by atoms with van der Waals surface area (Å²) in [5.41, 5.74) is 1.10. The molecule has 0 aliphatic heterocycles. The number of rotatable bonds is 3. The molecule has 1 aliphatic rings. The first-order valence-electron chi connectivity index (χ1n) is 6.65. The summed E-state index contributed by atoms with van der Waals surface area (Å²) in [4.78, 5) is 12.1. The van der Waals surface area contributed by atoms with E-state index in [-0.39, 0.29) is 17.9 Å². The Morgan fingerprint density at radius 2 is 1.90 bits per heavy atom. The van der Waals surface area contributed by atoms with E-state index in [2.05, 4.69) is 23.5 Å². The standard InChI is InChI=1S/C16H15Cl2NO/c1-10(19-15(20)14-9-16(14,17)18)12-8-4-6-11-5-2-3-7-13(11)12/h2-8,10,14H,9H2,1H3,(H,19,20)/t10-,14+/m1/s1. The Balaban J connectivity index is 1.82. The zero-order chi connectivity index (χ0) is 14.3. The molecule has 104 valence electrons. The second-order valence-corrected chi connectivity index (χ2v) is 6.86. The molecule has 0 saturated heterocycles. The number of benzene rings is 2. The summed E-state index contributed by atoms with van der Waals surface area (Å²) in [6, 6.07) is 14.2. The molecule has 0 unspecified atom stereocenters. The maximum absolute atomic E-state index is 12.1. The molecule has 1 N–H and O–H groups in total. The van der Waals surface area contributed by atoms with Gasteiger partial charge in [0, 0.05) is 0 Å². The second kappa shape index (κ2) is 4.94. The Bertz CT molecular complexity index is 663. The van der Waals surface area contributed by atoms with Crippen molar-refractivity contribution in [2.24, 2.45) is 5.92 Å². The molecule has 1 aliphatic carbocycles. The van der Waals surface area contributed by atoms with Crippen LogP contribution < -0.4 is 5.32 Å². The van der Waals surface area contributed by atoms with Crippen LogP contribution in [0.2, 0.25) is 0 Å². The number of carbonyl (C=O) groups is 1. The van der Waals surface area contributed by atoms with Crippen LogP contribution in [0.3, 0.4) is 0 Å². The Morgan fingerprint density at radius 3 is 2.60 bits per heavy atom. The van der Waals surface area contributed by atoms with Crippen LogP contribution in [0.4, 0.5) is 0 Å². The smallest absolute Gasteiger partial charge is 0.226 e. The monoisotopic (exact) mass is 307 g/mol. The molecule has 1 amide bonds. The Kier molecular flexibility index (Phi) is 3.39. The van der Waals surface area contributed by atoms with Crippen molar-refractivity contribution in [3.8, 4) is 0 Å². The van der Waals surface area contributed by atoms with Crippen LogP contribution in [0.15, 0.2) is 42.5 Å². The molecule has 0 aromatic heterocycles. The number of alkyl halides is 2. The van der Waals surface area contributed by atoms with Gasteiger partial charge in [-0.2, -0.15) is 0 Å². The normalized spacial score (nSPS) is 21.4. The van der Waals surface area contributed by atoms with Crippen molar-refractivity contribution in [3.05, 3.63) is 48.0 Å². The largest absolute Gasteiger partial charge is 0.349 e. The van der Waals surface area contributed by atoms with E-state index in [1.54, 1.807) is 0 Å². The maximum atomic E-state index is 12.1. The van der Waals surface area contributed by atoms with Crippen molar-refractivity contribution >= 4 is 39.9 Å². The highest BCUT2D eigenvalue weighted by atomic mass is 35.5. The average Bonchev–Trinajstić information content (AvgIpc) is 3.07. The average molecular weight is 308 g/mol. The molecular formula is C16H15Cl2NO. The van der Waals surface area contributed by atoms with Gasteiger partial charge >= 0.3 is 0 Å². The highest BCUT2D eigenvalue weighted by molar-refractivity contribution is 6.52. The van der Waals surface area contributed by atoms with Gasteiger partial charge in [0.2, 0.25) is 5.91 Å². The molecule has 1 saturated carbocycles. The van der Waals surface area contributed by atoms with Crippen molar-refractivity contribution in [1.82, 2.24) is 5.32 Å². The molecule has 4 heteroatoms. The van der Waals surface area contributed by atoms with Crippen LogP contribution in [0.5, 0.6) is 0 Å². The lowest BCUT2D eigenvalue weighted by Gasteiger charge is -2.16. The predicted octanol–water partition coefficient (Wildman–Crippen LogP) is 4.21. The van der Waals surface area contributed by atoms with E-state index in [9.17, 15) is 4.79 Å². The number of amides is 1. The van der Waals surface area contributed by atoms with Gasteiger partial charge in [-0.05, 0) is 29.7 Å². The summed E-state index contributed by atoms with van der Waals surface area (Å²) in [6.07, 6.45) is 0.532. The van der Waals surface area contributed by atoms with E-state index < -0.39 is 4.33 Å². The van der Waals surface area contributed by atoms with E-state index in [1.807, 2.05) is 31.2 Å². The van der Waals surface area contributed by atoms with Crippen LogP contribution in [0.1, 0.15) is 24.9 Å². The molecule has 3 rings (SSSR count). The van der Waals surface area contributed by atoms with E-state index in [0.717, 1.165) is 10.9 Å². The Hall–Kier alpha value is -1.25. The van der Waals surface area contributed by atoms with Crippen molar-refractivity contribution in [1.29, 1.82) is 0 Å². The number of fused-ring (bicyclic) bond motifs is 1. The van der Waals surface area contributed by atoms with Gasteiger partial charge in [-0.25, -0.2) is 0 Å². The minimum atomic E-state index is -0.872. The zero-order valence-electron chi connectivity index (χ0n) is 11.1. The number of halogens is 2. The van der Waals surface area contributed by atoms with Crippen molar-refractivity contribution < 1.29 is 4.79 Å². The second-order valence-electron chi connectivity index (χ2n) is 5.32. The summed E-state index contributed by atoms with van der Waals surface area (Å²) in [6.45, 7) is 1.98. The number of hydrogen-bond donors (Lipinski definition) is 1. The van der Waals surface area contributed by atoms with E-state index in [1.165, 1.54) is 5.39 Å². The molecule has 0 spiro atoms. The lowest BCUT2D eigenvalue weighted by atomic mass is 9.99. The molecule has 2 atom stereocenters. The first kappa shape index (κ1) is 13.7. The summed E-state index contributed by atoms with van der Waals surface area (Å²) < 4.78 is -0.872. The van der Waals surface area contributed by atoms with Gasteiger partial charge in [0.15, 0.2) is 0 Å². The predicted molar refractivity (Wildman–Crippen MR) is 83.0 cm³/mol. The minimum absolute atomic E-state index is 0.0710. The molecule has 2 aromatic carbocycles. The van der Waals surface area contributed by atoms with Gasteiger partial charge < -0.3 is 5.32 Å². The van der Waals surface area contributed by atoms with Gasteiger partial charge in [-0.3, -0.25) is 4.79 Å². The van der Waals surface area contributed by atoms with Crippen molar-refractivity contribution in [3.63, 3.8) is 0 Å². The number of hydrogen-bond acceptors (Lipinski definition) is 1. The van der Waals surface area contributed by atoms with E-state index >= 15 is 0 Å². The quantitative estimate of drug-likeness (QED) is 0.846. The van der Waals surface area contributed by atoms with Crippen LogP contribution in [0.25, 0.3) is 10.8 Å². The van der Waals surface area contributed by atoms with Crippen molar-refractivity contribution in [2.75, 3.05) is 0 Å². The van der Waals surface area contributed by atoms with Crippen LogP contribution in [0, 0.1) is 5.92 Å². The minimum Gasteiger partial charge on any atom is -0.349 e. The highest BCUT2D eigenvalue weighted by Gasteiger charge is 2.56. The van der Waals surface area contributed by atoms with Crippen LogP contribution in [-0.4, -0.2) is 10.2 Å². The summed E-state index contributed by atoms with van der Waals surface area (Å²) >= 11 is 11.9. The Morgan fingerprint density at radius 1 is 1.25 bits per heavy atom. The third kappa shape index (κ3) is 2.50. The molecule has 1 fully saturated rings. The number of nitrogens with one attached hydrogen (secondary N) is 1. The van der Waals surface area contributed by atoms with Gasteiger partial charge in [-0.15, -0.1) is 23.2 Å². The molecule has 2 nitrogen and oxygen atoms in total. The number of carbonyl (C=O) groups excluding carboxylic acids is 1. The van der Waals surface area contributed by atoms with Gasteiger partial charge in [0.25, 0.3) is 0 Å². The lowest BCUT2D eigenvalue weighted by molar-refractivity contribution is -0.122. The molecular weight excluding hydrogens is 293 g/mol. The summed E-state index contributed by atoms with van der Waals surface area (Å²) in [7, 11) is 0. The molecule has 0 heterocycles. The van der Waals surface area contributed by atoms with Gasteiger partial charge in [-0.1, -0.05) is 42.5 Å². The van der Waals surface area contributed by atoms with Crippen molar-refractivity contribution in [2.45, 2.75) is 23.7 Å². The summed E-state index contributed by atoms with van der Waals surface area (Å²) in [5.74, 6) is -0.362. The molecule has 2 aromatic rings. The molecule has 20 heavy (non-hydrogen) atoms. The third-order valence-corrected chi connectivity index (χ3v) is 4.63. The fourth-order valence-corrected chi connectivity index (χ4v) is 3.02. The van der Waals surface area contributed by atoms with Gasteiger partial charge in [0.1, 0.15) is 4.33 Å². The van der Waals surface area contributed by atoms with Crippen LogP contribution in [-0.2, 0) is 4.79 Å².